The highest BCUT2D eigenvalue weighted by molar-refractivity contribution is 7.85. The summed E-state index contributed by atoms with van der Waals surface area (Å²) < 4.78 is 48.8. The highest BCUT2D eigenvalue weighted by atomic mass is 32.2. The number of halogens is 1. The largest absolute Gasteiger partial charge is 0.459 e. The molecular formula is C15H23FO6S. The third-order valence-corrected chi connectivity index (χ3v) is 6.14. The molecular weight excluding hydrogens is 327 g/mol. The molecule has 0 aromatic carbocycles. The number of carbonyl (C=O) groups is 1. The van der Waals surface area contributed by atoms with Gasteiger partial charge in [0.1, 0.15) is 17.5 Å². The minimum Gasteiger partial charge on any atom is -0.459 e. The molecule has 4 rings (SSSR count). The normalized spacial score (nSPS) is 40.1. The van der Waals surface area contributed by atoms with Crippen LogP contribution in [0.4, 0.5) is 4.39 Å². The van der Waals surface area contributed by atoms with Crippen LogP contribution in [0.15, 0.2) is 0 Å². The van der Waals surface area contributed by atoms with Gasteiger partial charge in [0.25, 0.3) is 10.1 Å². The molecule has 0 spiro atoms. The number of hydrogen-bond donors (Lipinski definition) is 2. The molecule has 0 aromatic heterocycles. The van der Waals surface area contributed by atoms with Gasteiger partial charge in [0.2, 0.25) is 0 Å². The predicted octanol–water partition coefficient (Wildman–Crippen LogP) is 1.62. The maximum absolute atomic E-state index is 13.4. The Labute approximate surface area is 135 Å². The zero-order valence-electron chi connectivity index (χ0n) is 12.9. The van der Waals surface area contributed by atoms with Gasteiger partial charge in [-0.2, -0.15) is 8.42 Å². The molecule has 3 atom stereocenters. The van der Waals surface area contributed by atoms with Crippen molar-refractivity contribution in [2.45, 2.75) is 68.7 Å². The van der Waals surface area contributed by atoms with Crippen LogP contribution in [-0.2, 0) is 19.6 Å². The van der Waals surface area contributed by atoms with Gasteiger partial charge in [0.15, 0.2) is 0 Å². The lowest BCUT2D eigenvalue weighted by Crippen LogP contribution is -2.60. The molecule has 2 N–H and O–H groups in total. The first-order chi connectivity index (χ1) is 10.6. The second-order valence-electron chi connectivity index (χ2n) is 7.73. The van der Waals surface area contributed by atoms with Gasteiger partial charge in [-0.15, -0.1) is 0 Å². The van der Waals surface area contributed by atoms with E-state index < -0.39 is 39.2 Å². The third kappa shape index (κ3) is 4.03. The fourth-order valence-electron chi connectivity index (χ4n) is 5.13. The highest BCUT2D eigenvalue weighted by Crippen LogP contribution is 2.58. The lowest BCUT2D eigenvalue weighted by Gasteiger charge is -2.59. The number of rotatable bonds is 6. The van der Waals surface area contributed by atoms with Crippen LogP contribution in [0.3, 0.4) is 0 Å². The van der Waals surface area contributed by atoms with Crippen molar-refractivity contribution in [3.05, 3.63) is 0 Å². The van der Waals surface area contributed by atoms with Crippen molar-refractivity contribution in [2.24, 2.45) is 11.8 Å². The van der Waals surface area contributed by atoms with Crippen LogP contribution in [0.25, 0.3) is 0 Å². The van der Waals surface area contributed by atoms with Crippen molar-refractivity contribution in [3.8, 4) is 0 Å². The molecule has 23 heavy (non-hydrogen) atoms. The monoisotopic (exact) mass is 350 g/mol. The van der Waals surface area contributed by atoms with E-state index in [-0.39, 0.29) is 12.8 Å². The number of alkyl halides is 1. The van der Waals surface area contributed by atoms with Gasteiger partial charge in [-0.3, -0.25) is 9.35 Å². The first kappa shape index (κ1) is 17.1. The van der Waals surface area contributed by atoms with E-state index in [9.17, 15) is 22.7 Å². The average molecular weight is 350 g/mol. The summed E-state index contributed by atoms with van der Waals surface area (Å²) in [5.41, 5.74) is -1.37. The summed E-state index contributed by atoms with van der Waals surface area (Å²) in [7, 11) is -4.38. The van der Waals surface area contributed by atoms with Crippen LogP contribution in [-0.4, -0.2) is 47.2 Å². The molecule has 4 fully saturated rings. The Balaban J connectivity index is 1.54. The Morgan fingerprint density at radius 3 is 2.39 bits per heavy atom. The summed E-state index contributed by atoms with van der Waals surface area (Å²) >= 11 is 0. The van der Waals surface area contributed by atoms with Crippen molar-refractivity contribution in [1.29, 1.82) is 0 Å². The van der Waals surface area contributed by atoms with Crippen LogP contribution in [0.5, 0.6) is 0 Å². The number of aliphatic hydroxyl groups is 1. The molecule has 4 aliphatic rings. The lowest BCUT2D eigenvalue weighted by atomic mass is 9.52. The van der Waals surface area contributed by atoms with Crippen molar-refractivity contribution >= 4 is 16.1 Å². The Bertz CT molecular complexity index is 575. The smallest absolute Gasteiger partial charge is 0.306 e. The molecule has 4 bridgehead atoms. The van der Waals surface area contributed by atoms with E-state index in [1.165, 1.54) is 0 Å². The predicted molar refractivity (Wildman–Crippen MR) is 79.0 cm³/mol. The van der Waals surface area contributed by atoms with Crippen molar-refractivity contribution < 1.29 is 32.0 Å². The fraction of sp³-hybridized carbons (Fsp3) is 0.933. The minimum atomic E-state index is -4.38. The van der Waals surface area contributed by atoms with E-state index in [1.54, 1.807) is 0 Å². The molecule has 0 radical (unpaired) electrons. The van der Waals surface area contributed by atoms with E-state index in [1.807, 2.05) is 0 Å². The van der Waals surface area contributed by atoms with Gasteiger partial charge in [0.05, 0.1) is 5.60 Å². The summed E-state index contributed by atoms with van der Waals surface area (Å²) in [6, 6.07) is 0. The molecule has 8 heteroatoms. The summed E-state index contributed by atoms with van der Waals surface area (Å²) in [4.78, 5) is 12.0. The molecule has 6 nitrogen and oxygen atoms in total. The molecule has 0 heterocycles. The molecule has 0 aliphatic heterocycles. The second-order valence-corrected chi connectivity index (χ2v) is 9.22. The fourth-order valence-corrected chi connectivity index (χ4v) is 5.75. The zero-order valence-corrected chi connectivity index (χ0v) is 13.7. The second kappa shape index (κ2) is 5.67. The molecule has 0 aromatic rings. The van der Waals surface area contributed by atoms with E-state index in [4.69, 9.17) is 9.29 Å². The molecule has 132 valence electrons. The van der Waals surface area contributed by atoms with Gasteiger partial charge < -0.3 is 9.84 Å². The Kier molecular flexibility index (Phi) is 4.21. The maximum Gasteiger partial charge on any atom is 0.306 e. The van der Waals surface area contributed by atoms with Crippen LogP contribution in [0, 0.1) is 11.8 Å². The summed E-state index contributed by atoms with van der Waals surface area (Å²) in [5, 5.41) is 10.6. The SMILES string of the molecule is O=C(CCC(F)CS(=O)(=O)O)OC12CC3CC(CC(O)(C3)C1)C2. The van der Waals surface area contributed by atoms with Crippen molar-refractivity contribution in [3.63, 3.8) is 0 Å². The molecule has 0 amide bonds. The van der Waals surface area contributed by atoms with Crippen LogP contribution < -0.4 is 0 Å². The van der Waals surface area contributed by atoms with Crippen LogP contribution >= 0.6 is 0 Å². The Hall–Kier alpha value is -0.730. The molecule has 4 saturated carbocycles. The van der Waals surface area contributed by atoms with E-state index in [2.05, 4.69) is 0 Å². The highest BCUT2D eigenvalue weighted by Gasteiger charge is 2.59. The van der Waals surface area contributed by atoms with Crippen LogP contribution in [0.1, 0.15) is 51.4 Å². The summed E-state index contributed by atoms with van der Waals surface area (Å²) in [6.45, 7) is 0. The van der Waals surface area contributed by atoms with Crippen molar-refractivity contribution in [2.75, 3.05) is 5.75 Å². The lowest BCUT2D eigenvalue weighted by molar-refractivity contribution is -0.220. The quantitative estimate of drug-likeness (QED) is 0.558. The van der Waals surface area contributed by atoms with Gasteiger partial charge in [-0.1, -0.05) is 0 Å². The van der Waals surface area contributed by atoms with E-state index >= 15 is 0 Å². The molecule has 4 aliphatic carbocycles. The Morgan fingerprint density at radius 1 is 1.26 bits per heavy atom. The maximum atomic E-state index is 13.4. The minimum absolute atomic E-state index is 0.230. The standard InChI is InChI=1S/C15H23FO6S/c16-12(8-23(19,20)21)1-2-13(17)22-15-6-10-3-11(7-15)5-14(18,4-10)9-15/h10-12,18H,1-9H2,(H,19,20,21). The summed E-state index contributed by atoms with van der Waals surface area (Å²) in [6.07, 6.45) is 2.23. The van der Waals surface area contributed by atoms with E-state index in [0.29, 0.717) is 18.3 Å². The first-order valence-corrected chi connectivity index (χ1v) is 9.71. The molecule has 0 saturated heterocycles. The van der Waals surface area contributed by atoms with E-state index in [0.717, 1.165) is 32.1 Å². The number of hydrogen-bond acceptors (Lipinski definition) is 5. The summed E-state index contributed by atoms with van der Waals surface area (Å²) in [5.74, 6) is -0.812. The average Bonchev–Trinajstić information content (AvgIpc) is 2.30. The van der Waals surface area contributed by atoms with Gasteiger partial charge in [-0.25, -0.2) is 4.39 Å². The van der Waals surface area contributed by atoms with Crippen LogP contribution in [0.2, 0.25) is 0 Å². The third-order valence-electron chi connectivity index (χ3n) is 5.36. The number of carbonyl (C=O) groups excluding carboxylic acids is 1. The number of ether oxygens (including phenoxy) is 1. The van der Waals surface area contributed by atoms with Crippen molar-refractivity contribution in [1.82, 2.24) is 0 Å². The first-order valence-electron chi connectivity index (χ1n) is 8.10. The van der Waals surface area contributed by atoms with Gasteiger partial charge >= 0.3 is 5.97 Å². The number of esters is 1. The molecule has 3 unspecified atom stereocenters. The van der Waals surface area contributed by atoms with Gasteiger partial charge in [-0.05, 0) is 50.4 Å². The zero-order chi connectivity index (χ0) is 16.9. The Morgan fingerprint density at radius 2 is 1.87 bits per heavy atom. The van der Waals surface area contributed by atoms with Gasteiger partial charge in [0, 0.05) is 12.8 Å². The topological polar surface area (TPSA) is 101 Å².